The molecule has 0 amide bonds. The SMILES string of the molecule is COc1cccc(C=Nn2c(-c3ccccc3)n[nH]c2=S)c1O. The van der Waals surface area contributed by atoms with E-state index in [1.54, 1.807) is 18.2 Å². The molecule has 0 aliphatic rings. The molecule has 0 atom stereocenters. The number of rotatable bonds is 4. The van der Waals surface area contributed by atoms with E-state index < -0.39 is 0 Å². The van der Waals surface area contributed by atoms with Gasteiger partial charge in [0, 0.05) is 11.1 Å². The molecular weight excluding hydrogens is 312 g/mol. The lowest BCUT2D eigenvalue weighted by atomic mass is 10.2. The van der Waals surface area contributed by atoms with Gasteiger partial charge < -0.3 is 9.84 Å². The second kappa shape index (κ2) is 6.45. The maximum atomic E-state index is 10.1. The summed E-state index contributed by atoms with van der Waals surface area (Å²) in [4.78, 5) is 0. The van der Waals surface area contributed by atoms with Crippen LogP contribution in [0.25, 0.3) is 11.4 Å². The van der Waals surface area contributed by atoms with Gasteiger partial charge in [-0.25, -0.2) is 5.10 Å². The molecule has 0 radical (unpaired) electrons. The lowest BCUT2D eigenvalue weighted by Gasteiger charge is -2.05. The minimum absolute atomic E-state index is 0.0232. The predicted octanol–water partition coefficient (Wildman–Crippen LogP) is 3.20. The number of phenolic OH excluding ortho intramolecular Hbond substituents is 1. The molecule has 1 heterocycles. The first-order chi connectivity index (χ1) is 11.2. The highest BCUT2D eigenvalue weighted by atomic mass is 32.1. The molecule has 2 aromatic carbocycles. The first-order valence-electron chi connectivity index (χ1n) is 6.84. The fraction of sp³-hybridized carbons (Fsp3) is 0.0625. The van der Waals surface area contributed by atoms with Gasteiger partial charge in [-0.05, 0) is 24.4 Å². The van der Waals surface area contributed by atoms with Crippen molar-refractivity contribution >= 4 is 18.4 Å². The normalized spacial score (nSPS) is 11.0. The lowest BCUT2D eigenvalue weighted by Crippen LogP contribution is -1.95. The van der Waals surface area contributed by atoms with Gasteiger partial charge in [-0.2, -0.15) is 14.9 Å². The quantitative estimate of drug-likeness (QED) is 0.570. The molecule has 0 unspecified atom stereocenters. The molecule has 6 nitrogen and oxygen atoms in total. The van der Waals surface area contributed by atoms with Crippen molar-refractivity contribution in [2.75, 3.05) is 7.11 Å². The zero-order valence-electron chi connectivity index (χ0n) is 12.3. The zero-order valence-corrected chi connectivity index (χ0v) is 13.1. The van der Waals surface area contributed by atoms with Gasteiger partial charge >= 0.3 is 0 Å². The molecule has 23 heavy (non-hydrogen) atoms. The molecule has 0 saturated carbocycles. The van der Waals surface area contributed by atoms with Crippen LogP contribution in [0.5, 0.6) is 11.5 Å². The van der Waals surface area contributed by atoms with Gasteiger partial charge in [-0.15, -0.1) is 0 Å². The fourth-order valence-corrected chi connectivity index (χ4v) is 2.28. The molecule has 0 spiro atoms. The molecule has 0 fully saturated rings. The van der Waals surface area contributed by atoms with Crippen LogP contribution in [0.3, 0.4) is 0 Å². The molecule has 2 N–H and O–H groups in total. The number of hydrogen-bond acceptors (Lipinski definition) is 5. The van der Waals surface area contributed by atoms with Crippen molar-refractivity contribution in [1.29, 1.82) is 0 Å². The topological polar surface area (TPSA) is 75.4 Å². The number of H-pyrrole nitrogens is 1. The maximum absolute atomic E-state index is 10.1. The van der Waals surface area contributed by atoms with Crippen molar-refractivity contribution in [3.05, 3.63) is 58.9 Å². The smallest absolute Gasteiger partial charge is 0.216 e. The van der Waals surface area contributed by atoms with Crippen LogP contribution < -0.4 is 4.74 Å². The van der Waals surface area contributed by atoms with E-state index in [1.807, 2.05) is 30.3 Å². The third-order valence-electron chi connectivity index (χ3n) is 3.24. The summed E-state index contributed by atoms with van der Waals surface area (Å²) in [5, 5.41) is 21.3. The van der Waals surface area contributed by atoms with Crippen molar-refractivity contribution < 1.29 is 9.84 Å². The molecule has 0 aliphatic heterocycles. The number of aromatic hydroxyl groups is 1. The van der Waals surface area contributed by atoms with Crippen molar-refractivity contribution in [3.8, 4) is 22.9 Å². The number of para-hydroxylation sites is 1. The molecule has 0 bridgehead atoms. The summed E-state index contributed by atoms with van der Waals surface area (Å²) in [5.74, 6) is 0.997. The minimum atomic E-state index is 0.0232. The minimum Gasteiger partial charge on any atom is -0.504 e. The Balaban J connectivity index is 2.01. The highest BCUT2D eigenvalue weighted by molar-refractivity contribution is 7.71. The standard InChI is InChI=1S/C16H14N4O2S/c1-22-13-9-5-8-12(14(13)21)10-17-20-15(18-19-16(20)23)11-6-3-2-4-7-11/h2-10,21H,1H3,(H,19,23). The van der Waals surface area contributed by atoms with Crippen LogP contribution in [-0.4, -0.2) is 33.3 Å². The first-order valence-corrected chi connectivity index (χ1v) is 7.24. The Hall–Kier alpha value is -2.93. The van der Waals surface area contributed by atoms with Crippen LogP contribution in [0.1, 0.15) is 5.56 Å². The number of methoxy groups -OCH3 is 1. The van der Waals surface area contributed by atoms with Crippen LogP contribution in [0, 0.1) is 4.77 Å². The van der Waals surface area contributed by atoms with Crippen LogP contribution >= 0.6 is 12.2 Å². The number of aromatic amines is 1. The number of nitrogens with one attached hydrogen (secondary N) is 1. The number of aromatic nitrogens is 3. The van der Waals surface area contributed by atoms with Gasteiger partial charge in [0.25, 0.3) is 0 Å². The molecule has 116 valence electrons. The summed E-state index contributed by atoms with van der Waals surface area (Å²) in [5.41, 5.74) is 1.40. The summed E-state index contributed by atoms with van der Waals surface area (Å²) < 4.78 is 6.95. The summed E-state index contributed by atoms with van der Waals surface area (Å²) in [6, 6.07) is 14.8. The van der Waals surface area contributed by atoms with Gasteiger partial charge in [0.15, 0.2) is 17.3 Å². The fourth-order valence-electron chi connectivity index (χ4n) is 2.10. The predicted molar refractivity (Wildman–Crippen MR) is 90.5 cm³/mol. The van der Waals surface area contributed by atoms with Gasteiger partial charge in [0.2, 0.25) is 4.77 Å². The van der Waals surface area contributed by atoms with E-state index in [9.17, 15) is 5.11 Å². The highest BCUT2D eigenvalue weighted by Gasteiger charge is 2.08. The van der Waals surface area contributed by atoms with E-state index >= 15 is 0 Å². The van der Waals surface area contributed by atoms with E-state index in [1.165, 1.54) is 18.0 Å². The van der Waals surface area contributed by atoms with Crippen molar-refractivity contribution in [2.24, 2.45) is 5.10 Å². The van der Waals surface area contributed by atoms with Gasteiger partial charge in [0.1, 0.15) is 0 Å². The van der Waals surface area contributed by atoms with Gasteiger partial charge in [0.05, 0.1) is 13.3 Å². The molecule has 1 aromatic heterocycles. The summed E-state index contributed by atoms with van der Waals surface area (Å²) >= 11 is 5.21. The summed E-state index contributed by atoms with van der Waals surface area (Å²) in [7, 11) is 1.50. The Morgan fingerprint density at radius 3 is 2.74 bits per heavy atom. The molecular formula is C16H14N4O2S. The maximum Gasteiger partial charge on any atom is 0.216 e. The second-order valence-corrected chi connectivity index (χ2v) is 5.06. The number of hydrogen-bond donors (Lipinski definition) is 2. The number of benzene rings is 2. The second-order valence-electron chi connectivity index (χ2n) is 4.67. The Morgan fingerprint density at radius 2 is 2.00 bits per heavy atom. The van der Waals surface area contributed by atoms with Crippen molar-refractivity contribution in [2.45, 2.75) is 0 Å². The Morgan fingerprint density at radius 1 is 1.22 bits per heavy atom. The number of ether oxygens (including phenoxy) is 1. The molecule has 3 aromatic rings. The Kier molecular flexibility index (Phi) is 4.20. The Bertz CT molecular complexity index is 900. The van der Waals surface area contributed by atoms with Gasteiger partial charge in [-0.1, -0.05) is 36.4 Å². The number of phenols is 1. The van der Waals surface area contributed by atoms with Crippen LogP contribution in [-0.2, 0) is 0 Å². The molecule has 0 saturated heterocycles. The molecule has 7 heteroatoms. The monoisotopic (exact) mass is 326 g/mol. The average molecular weight is 326 g/mol. The lowest BCUT2D eigenvalue weighted by molar-refractivity contribution is 0.373. The van der Waals surface area contributed by atoms with E-state index in [0.29, 0.717) is 21.9 Å². The molecule has 3 rings (SSSR count). The van der Waals surface area contributed by atoms with Crippen LogP contribution in [0.15, 0.2) is 53.6 Å². The zero-order chi connectivity index (χ0) is 16.2. The third-order valence-corrected chi connectivity index (χ3v) is 3.51. The average Bonchev–Trinajstić information content (AvgIpc) is 2.95. The molecule has 0 aliphatic carbocycles. The Labute approximate surface area is 137 Å². The third kappa shape index (κ3) is 3.00. The van der Waals surface area contributed by atoms with E-state index in [0.717, 1.165) is 5.56 Å². The summed E-state index contributed by atoms with van der Waals surface area (Å²) in [6.07, 6.45) is 1.51. The van der Waals surface area contributed by atoms with E-state index in [2.05, 4.69) is 15.3 Å². The summed E-state index contributed by atoms with van der Waals surface area (Å²) in [6.45, 7) is 0. The first kappa shape index (κ1) is 15.0. The van der Waals surface area contributed by atoms with Crippen molar-refractivity contribution in [3.63, 3.8) is 0 Å². The van der Waals surface area contributed by atoms with E-state index in [-0.39, 0.29) is 5.75 Å². The highest BCUT2D eigenvalue weighted by Crippen LogP contribution is 2.28. The van der Waals surface area contributed by atoms with Crippen LogP contribution in [0.2, 0.25) is 0 Å². The largest absolute Gasteiger partial charge is 0.504 e. The van der Waals surface area contributed by atoms with Crippen LogP contribution in [0.4, 0.5) is 0 Å². The number of nitrogens with zero attached hydrogens (tertiary/aromatic N) is 3. The van der Waals surface area contributed by atoms with Crippen molar-refractivity contribution in [1.82, 2.24) is 14.9 Å². The van der Waals surface area contributed by atoms with E-state index in [4.69, 9.17) is 17.0 Å². The van der Waals surface area contributed by atoms with Gasteiger partial charge in [-0.3, -0.25) is 0 Å².